The number of carbonyl (C=O) groups is 2. The number of unbranched alkanes of at least 4 members (excludes halogenated alkanes) is 52. The molecule has 0 aromatic rings. The van der Waals surface area contributed by atoms with Crippen molar-refractivity contribution in [1.29, 1.82) is 0 Å². The monoisotopic (exact) mass is 1110 g/mol. The van der Waals surface area contributed by atoms with E-state index in [-0.39, 0.29) is 18.5 Å². The van der Waals surface area contributed by atoms with Crippen LogP contribution >= 0.6 is 0 Å². The number of aliphatic hydroxyl groups is 2. The first kappa shape index (κ1) is 77.1. The van der Waals surface area contributed by atoms with Gasteiger partial charge in [-0.25, -0.2) is 0 Å². The van der Waals surface area contributed by atoms with Crippen molar-refractivity contribution in [2.24, 2.45) is 0 Å². The van der Waals surface area contributed by atoms with E-state index in [0.717, 1.165) is 51.4 Å². The first-order valence-corrected chi connectivity index (χ1v) is 35.8. The predicted molar refractivity (Wildman–Crippen MR) is 347 cm³/mol. The molecular formula is C73H139NO5. The predicted octanol–water partition coefficient (Wildman–Crippen LogP) is 23.1. The first-order chi connectivity index (χ1) is 39.0. The maximum Gasteiger partial charge on any atom is 0.305 e. The summed E-state index contributed by atoms with van der Waals surface area (Å²) in [6, 6.07) is -0.622. The van der Waals surface area contributed by atoms with E-state index >= 15 is 0 Å². The molecule has 0 saturated carbocycles. The standard InChI is InChI=1S/C73H139NO5/c1-3-5-7-9-11-13-15-16-17-40-43-47-51-55-59-63-67-73(78)79-68-64-60-56-52-48-44-41-38-36-34-32-30-28-26-24-22-20-18-19-21-23-25-27-29-31-33-35-37-39-42-46-50-54-58-62-66-72(77)74-70(69-75)71(76)65-61-57-53-49-45-14-12-10-8-6-4-2/h13,15,17,40,61,65,70-71,75-76H,3-12,14,16,18-39,41-60,62-64,66-69H2,1-2H3,(H,74,77)/b15-13-,40-17-,65-61+. The van der Waals surface area contributed by atoms with Gasteiger partial charge in [-0.15, -0.1) is 0 Å². The molecule has 0 fully saturated rings. The summed E-state index contributed by atoms with van der Waals surface area (Å²) in [5, 5.41) is 23.1. The number of esters is 1. The van der Waals surface area contributed by atoms with Crippen molar-refractivity contribution >= 4 is 11.9 Å². The zero-order valence-corrected chi connectivity index (χ0v) is 53.4. The molecule has 0 spiro atoms. The zero-order chi connectivity index (χ0) is 57.1. The Morgan fingerprint density at radius 2 is 0.633 bits per heavy atom. The summed E-state index contributed by atoms with van der Waals surface area (Å²) in [4.78, 5) is 24.5. The Morgan fingerprint density at radius 1 is 0.354 bits per heavy atom. The Morgan fingerprint density at radius 3 is 0.975 bits per heavy atom. The highest BCUT2D eigenvalue weighted by molar-refractivity contribution is 5.76. The lowest BCUT2D eigenvalue weighted by molar-refractivity contribution is -0.143. The van der Waals surface area contributed by atoms with Crippen molar-refractivity contribution in [3.8, 4) is 0 Å². The molecule has 0 heterocycles. The van der Waals surface area contributed by atoms with Gasteiger partial charge >= 0.3 is 5.97 Å². The summed E-state index contributed by atoms with van der Waals surface area (Å²) < 4.78 is 5.49. The molecule has 0 aliphatic rings. The lowest BCUT2D eigenvalue weighted by atomic mass is 10.0. The molecule has 6 nitrogen and oxygen atoms in total. The number of aliphatic hydroxyl groups excluding tert-OH is 2. The van der Waals surface area contributed by atoms with Crippen LogP contribution in [0.5, 0.6) is 0 Å². The molecule has 0 aromatic carbocycles. The molecule has 3 N–H and O–H groups in total. The highest BCUT2D eigenvalue weighted by Gasteiger charge is 2.18. The number of ether oxygens (including phenoxy) is 1. The number of carbonyl (C=O) groups excluding carboxylic acids is 2. The van der Waals surface area contributed by atoms with Crippen LogP contribution in [-0.2, 0) is 14.3 Å². The second-order valence-corrected chi connectivity index (χ2v) is 24.6. The van der Waals surface area contributed by atoms with Crippen LogP contribution in [0.2, 0.25) is 0 Å². The Balaban J connectivity index is 3.30. The summed E-state index contributed by atoms with van der Waals surface area (Å²) in [6.07, 6.45) is 88.2. The van der Waals surface area contributed by atoms with Crippen LogP contribution in [-0.4, -0.2) is 47.4 Å². The zero-order valence-electron chi connectivity index (χ0n) is 53.4. The van der Waals surface area contributed by atoms with E-state index in [4.69, 9.17) is 4.74 Å². The fourth-order valence-electron chi connectivity index (χ4n) is 11.2. The highest BCUT2D eigenvalue weighted by atomic mass is 16.5. The average Bonchev–Trinajstić information content (AvgIpc) is 3.45. The van der Waals surface area contributed by atoms with Gasteiger partial charge in [-0.1, -0.05) is 352 Å². The molecule has 0 radical (unpaired) electrons. The third-order valence-electron chi connectivity index (χ3n) is 16.7. The molecule has 2 unspecified atom stereocenters. The van der Waals surface area contributed by atoms with E-state index in [1.165, 1.54) is 315 Å². The number of rotatable bonds is 67. The smallest absolute Gasteiger partial charge is 0.305 e. The molecule has 0 bridgehead atoms. The third kappa shape index (κ3) is 65.1. The van der Waals surface area contributed by atoms with Gasteiger partial charge in [0.25, 0.3) is 0 Å². The number of amides is 1. The van der Waals surface area contributed by atoms with Gasteiger partial charge in [0.05, 0.1) is 25.4 Å². The summed E-state index contributed by atoms with van der Waals surface area (Å²) in [7, 11) is 0. The molecule has 1 amide bonds. The molecule has 0 aromatic heterocycles. The minimum atomic E-state index is -0.839. The van der Waals surface area contributed by atoms with Crippen molar-refractivity contribution in [3.63, 3.8) is 0 Å². The van der Waals surface area contributed by atoms with Gasteiger partial charge in [-0.2, -0.15) is 0 Å². The molecule has 0 aliphatic heterocycles. The SMILES string of the molecule is CCCCCC/C=C\C/C=C\CCCCCCCC(=O)OCCCCCCCCCCCCCCCCCCCCCCCCCCCCCCCCCCCCCC(=O)NC(CO)C(O)/C=C/CCCCCCCCCCC. The third-order valence-corrected chi connectivity index (χ3v) is 16.7. The van der Waals surface area contributed by atoms with Crippen LogP contribution in [0.25, 0.3) is 0 Å². The van der Waals surface area contributed by atoms with Crippen LogP contribution in [0.4, 0.5) is 0 Å². The van der Waals surface area contributed by atoms with Crippen molar-refractivity contribution in [2.45, 2.75) is 405 Å². The van der Waals surface area contributed by atoms with Gasteiger partial charge in [0, 0.05) is 12.8 Å². The second-order valence-electron chi connectivity index (χ2n) is 24.6. The van der Waals surface area contributed by atoms with Crippen LogP contribution in [0.15, 0.2) is 36.5 Å². The van der Waals surface area contributed by atoms with Gasteiger partial charge < -0.3 is 20.3 Å². The molecule has 0 rings (SSSR count). The van der Waals surface area contributed by atoms with Crippen LogP contribution in [0, 0.1) is 0 Å². The largest absolute Gasteiger partial charge is 0.466 e. The Labute approximate surface area is 494 Å². The van der Waals surface area contributed by atoms with Crippen molar-refractivity contribution in [3.05, 3.63) is 36.5 Å². The van der Waals surface area contributed by atoms with E-state index in [0.29, 0.717) is 19.4 Å². The number of allylic oxidation sites excluding steroid dienone is 5. The van der Waals surface area contributed by atoms with Crippen LogP contribution in [0.3, 0.4) is 0 Å². The average molecular weight is 1110 g/mol. The molecule has 79 heavy (non-hydrogen) atoms. The van der Waals surface area contributed by atoms with E-state index in [2.05, 4.69) is 43.5 Å². The van der Waals surface area contributed by atoms with Gasteiger partial charge in [0.15, 0.2) is 0 Å². The van der Waals surface area contributed by atoms with Gasteiger partial charge in [0.1, 0.15) is 0 Å². The molecule has 2 atom stereocenters. The van der Waals surface area contributed by atoms with Crippen LogP contribution < -0.4 is 5.32 Å². The summed E-state index contributed by atoms with van der Waals surface area (Å²) in [5.74, 6) is -0.0534. The highest BCUT2D eigenvalue weighted by Crippen LogP contribution is 2.19. The van der Waals surface area contributed by atoms with Crippen molar-refractivity contribution in [2.75, 3.05) is 13.2 Å². The minimum Gasteiger partial charge on any atom is -0.466 e. The van der Waals surface area contributed by atoms with Gasteiger partial charge in [0.2, 0.25) is 5.91 Å². The van der Waals surface area contributed by atoms with Gasteiger partial charge in [-0.3, -0.25) is 9.59 Å². The van der Waals surface area contributed by atoms with E-state index in [1.54, 1.807) is 6.08 Å². The van der Waals surface area contributed by atoms with E-state index in [1.807, 2.05) is 6.08 Å². The lowest BCUT2D eigenvalue weighted by Gasteiger charge is -2.20. The Hall–Kier alpha value is -1.92. The lowest BCUT2D eigenvalue weighted by Crippen LogP contribution is -2.45. The molecule has 0 aliphatic carbocycles. The maximum atomic E-state index is 12.4. The van der Waals surface area contributed by atoms with E-state index < -0.39 is 12.1 Å². The van der Waals surface area contributed by atoms with Gasteiger partial charge in [-0.05, 0) is 64.2 Å². The van der Waals surface area contributed by atoms with Crippen LogP contribution in [0.1, 0.15) is 393 Å². The second kappa shape index (κ2) is 68.6. The minimum absolute atomic E-state index is 0.00909. The van der Waals surface area contributed by atoms with Crippen molar-refractivity contribution in [1.82, 2.24) is 5.32 Å². The Kier molecular flexibility index (Phi) is 66.9. The number of hydrogen-bond donors (Lipinski definition) is 3. The number of hydrogen-bond acceptors (Lipinski definition) is 5. The fourth-order valence-corrected chi connectivity index (χ4v) is 11.2. The fraction of sp³-hybridized carbons (Fsp3) is 0.890. The summed E-state index contributed by atoms with van der Waals surface area (Å²) >= 11 is 0. The maximum absolute atomic E-state index is 12.4. The molecule has 466 valence electrons. The normalized spacial score (nSPS) is 12.7. The topological polar surface area (TPSA) is 95.9 Å². The molecular weight excluding hydrogens is 971 g/mol. The summed E-state index contributed by atoms with van der Waals surface area (Å²) in [5.41, 5.74) is 0. The molecule has 6 heteroatoms. The first-order valence-electron chi connectivity index (χ1n) is 35.8. The van der Waals surface area contributed by atoms with E-state index in [9.17, 15) is 19.8 Å². The number of nitrogens with one attached hydrogen (secondary N) is 1. The quantitative estimate of drug-likeness (QED) is 0.0320. The Bertz CT molecular complexity index is 1280. The molecule has 0 saturated heterocycles. The van der Waals surface area contributed by atoms with Crippen molar-refractivity contribution < 1.29 is 24.5 Å². The summed E-state index contributed by atoms with van der Waals surface area (Å²) in [6.45, 7) is 4.89.